The zero-order valence-electron chi connectivity index (χ0n) is 6.58. The molecule has 11 heavy (non-hydrogen) atoms. The lowest BCUT2D eigenvalue weighted by Gasteiger charge is -2.06. The molecular weight excluding hydrogens is 158 g/mol. The minimum Gasteiger partial charge on any atom is -0.395 e. The van der Waals surface area contributed by atoms with Gasteiger partial charge in [-0.2, -0.15) is 11.3 Å². The van der Waals surface area contributed by atoms with Crippen molar-refractivity contribution in [3.05, 3.63) is 21.9 Å². The smallest absolute Gasteiger partial charge is 0.0585 e. The summed E-state index contributed by atoms with van der Waals surface area (Å²) >= 11 is 1.68. The van der Waals surface area contributed by atoms with E-state index in [1.54, 1.807) is 11.3 Å². The van der Waals surface area contributed by atoms with Crippen molar-refractivity contribution < 1.29 is 5.11 Å². The lowest BCUT2D eigenvalue weighted by molar-refractivity contribution is 0.265. The Morgan fingerprint density at radius 2 is 2.36 bits per heavy atom. The third kappa shape index (κ3) is 2.29. The van der Waals surface area contributed by atoms with Crippen LogP contribution in [0.15, 0.2) is 10.8 Å². The Hall–Kier alpha value is -0.380. The van der Waals surface area contributed by atoms with Gasteiger partial charge in [0, 0.05) is 6.04 Å². The van der Waals surface area contributed by atoms with Crippen molar-refractivity contribution in [1.29, 1.82) is 0 Å². The Morgan fingerprint density at radius 3 is 2.82 bits per heavy atom. The normalized spacial score (nSPS) is 13.4. The number of aliphatic hydroxyl groups excluding tert-OH is 1. The van der Waals surface area contributed by atoms with Crippen molar-refractivity contribution in [2.75, 3.05) is 6.61 Å². The minimum absolute atomic E-state index is 0.0648. The van der Waals surface area contributed by atoms with E-state index in [0.29, 0.717) is 0 Å². The van der Waals surface area contributed by atoms with Gasteiger partial charge in [-0.1, -0.05) is 0 Å². The standard InChI is InChI=1S/C8H13NOS/c1-6-4-11-5-7(6)2-8(9)3-10/h4-5,8,10H,2-3,9H2,1H3. The van der Waals surface area contributed by atoms with Crippen LogP contribution in [0.3, 0.4) is 0 Å². The lowest BCUT2D eigenvalue weighted by atomic mass is 10.1. The second kappa shape index (κ2) is 3.85. The van der Waals surface area contributed by atoms with E-state index in [0.717, 1.165) is 6.42 Å². The summed E-state index contributed by atoms with van der Waals surface area (Å²) in [5, 5.41) is 12.9. The molecule has 1 rings (SSSR count). The molecule has 0 aliphatic heterocycles. The molecule has 62 valence electrons. The SMILES string of the molecule is Cc1cscc1CC(N)CO. The van der Waals surface area contributed by atoms with Crippen LogP contribution < -0.4 is 5.73 Å². The highest BCUT2D eigenvalue weighted by Gasteiger charge is 2.04. The van der Waals surface area contributed by atoms with Gasteiger partial charge in [0.2, 0.25) is 0 Å². The van der Waals surface area contributed by atoms with E-state index >= 15 is 0 Å². The van der Waals surface area contributed by atoms with Gasteiger partial charge in [-0.25, -0.2) is 0 Å². The molecule has 0 saturated carbocycles. The molecule has 1 aromatic rings. The van der Waals surface area contributed by atoms with Crippen LogP contribution in [-0.4, -0.2) is 17.8 Å². The van der Waals surface area contributed by atoms with Crippen molar-refractivity contribution >= 4 is 11.3 Å². The molecule has 0 aliphatic carbocycles. The number of hydrogen-bond donors (Lipinski definition) is 2. The highest BCUT2D eigenvalue weighted by molar-refractivity contribution is 7.08. The van der Waals surface area contributed by atoms with E-state index < -0.39 is 0 Å². The summed E-state index contributed by atoms with van der Waals surface area (Å²) in [7, 11) is 0. The van der Waals surface area contributed by atoms with Gasteiger partial charge in [-0.3, -0.25) is 0 Å². The number of rotatable bonds is 3. The minimum atomic E-state index is -0.108. The summed E-state index contributed by atoms with van der Waals surface area (Å²) in [6.07, 6.45) is 0.784. The molecule has 1 aromatic heterocycles. The Kier molecular flexibility index (Phi) is 3.05. The zero-order valence-corrected chi connectivity index (χ0v) is 7.40. The van der Waals surface area contributed by atoms with Gasteiger partial charge in [-0.05, 0) is 35.2 Å². The van der Waals surface area contributed by atoms with Crippen LogP contribution in [0.4, 0.5) is 0 Å². The Bertz CT molecular complexity index is 222. The molecule has 0 bridgehead atoms. The zero-order chi connectivity index (χ0) is 8.27. The Morgan fingerprint density at radius 1 is 1.64 bits per heavy atom. The highest BCUT2D eigenvalue weighted by Crippen LogP contribution is 2.14. The average Bonchev–Trinajstić information content (AvgIpc) is 2.37. The van der Waals surface area contributed by atoms with Gasteiger partial charge < -0.3 is 10.8 Å². The first-order chi connectivity index (χ1) is 5.24. The second-order valence-electron chi connectivity index (χ2n) is 2.73. The topological polar surface area (TPSA) is 46.2 Å². The predicted octanol–water partition coefficient (Wildman–Crippen LogP) is 0.919. The molecule has 1 heterocycles. The third-order valence-corrected chi connectivity index (χ3v) is 2.59. The Labute approximate surface area is 70.7 Å². The number of thiophene rings is 1. The van der Waals surface area contributed by atoms with Gasteiger partial charge in [0.25, 0.3) is 0 Å². The fourth-order valence-electron chi connectivity index (χ4n) is 0.943. The fraction of sp³-hybridized carbons (Fsp3) is 0.500. The molecule has 1 unspecified atom stereocenters. The molecule has 0 spiro atoms. The maximum absolute atomic E-state index is 8.70. The van der Waals surface area contributed by atoms with E-state index in [1.807, 2.05) is 0 Å². The summed E-state index contributed by atoms with van der Waals surface area (Å²) in [6, 6.07) is -0.108. The molecule has 3 heteroatoms. The molecule has 0 saturated heterocycles. The first-order valence-electron chi connectivity index (χ1n) is 3.62. The van der Waals surface area contributed by atoms with Crippen molar-refractivity contribution in [3.63, 3.8) is 0 Å². The molecule has 2 nitrogen and oxygen atoms in total. The van der Waals surface area contributed by atoms with Crippen LogP contribution in [-0.2, 0) is 6.42 Å². The maximum atomic E-state index is 8.70. The number of aryl methyl sites for hydroxylation is 1. The van der Waals surface area contributed by atoms with Gasteiger partial charge >= 0.3 is 0 Å². The van der Waals surface area contributed by atoms with E-state index in [1.165, 1.54) is 11.1 Å². The summed E-state index contributed by atoms with van der Waals surface area (Å²) in [5.74, 6) is 0. The van der Waals surface area contributed by atoms with Crippen LogP contribution >= 0.6 is 11.3 Å². The molecule has 1 atom stereocenters. The van der Waals surface area contributed by atoms with Crippen LogP contribution in [0.5, 0.6) is 0 Å². The van der Waals surface area contributed by atoms with Gasteiger partial charge in [-0.15, -0.1) is 0 Å². The van der Waals surface area contributed by atoms with Crippen molar-refractivity contribution in [3.8, 4) is 0 Å². The van der Waals surface area contributed by atoms with E-state index in [2.05, 4.69) is 17.7 Å². The van der Waals surface area contributed by atoms with Gasteiger partial charge in [0.05, 0.1) is 6.61 Å². The Balaban J connectivity index is 2.56. The van der Waals surface area contributed by atoms with E-state index in [9.17, 15) is 0 Å². The first kappa shape index (κ1) is 8.71. The molecule has 0 aliphatic rings. The summed E-state index contributed by atoms with van der Waals surface area (Å²) in [4.78, 5) is 0. The fourth-order valence-corrected chi connectivity index (χ4v) is 1.81. The van der Waals surface area contributed by atoms with Gasteiger partial charge in [0.15, 0.2) is 0 Å². The molecule has 0 fully saturated rings. The second-order valence-corrected chi connectivity index (χ2v) is 3.47. The van der Waals surface area contributed by atoms with E-state index in [-0.39, 0.29) is 12.6 Å². The average molecular weight is 171 g/mol. The van der Waals surface area contributed by atoms with Gasteiger partial charge in [0.1, 0.15) is 0 Å². The summed E-state index contributed by atoms with van der Waals surface area (Å²) in [6.45, 7) is 2.13. The number of aliphatic hydroxyl groups is 1. The molecule has 0 amide bonds. The highest BCUT2D eigenvalue weighted by atomic mass is 32.1. The predicted molar refractivity (Wildman–Crippen MR) is 47.8 cm³/mol. The van der Waals surface area contributed by atoms with Crippen molar-refractivity contribution in [1.82, 2.24) is 0 Å². The molecule has 0 aromatic carbocycles. The monoisotopic (exact) mass is 171 g/mol. The summed E-state index contributed by atoms with van der Waals surface area (Å²) < 4.78 is 0. The summed E-state index contributed by atoms with van der Waals surface area (Å²) in [5.41, 5.74) is 8.13. The number of hydrogen-bond acceptors (Lipinski definition) is 3. The van der Waals surface area contributed by atoms with Crippen LogP contribution in [0.25, 0.3) is 0 Å². The third-order valence-electron chi connectivity index (χ3n) is 1.68. The quantitative estimate of drug-likeness (QED) is 0.710. The van der Waals surface area contributed by atoms with Crippen LogP contribution in [0, 0.1) is 6.92 Å². The van der Waals surface area contributed by atoms with Crippen molar-refractivity contribution in [2.45, 2.75) is 19.4 Å². The van der Waals surface area contributed by atoms with E-state index in [4.69, 9.17) is 10.8 Å². The first-order valence-corrected chi connectivity index (χ1v) is 4.56. The maximum Gasteiger partial charge on any atom is 0.0585 e. The van der Waals surface area contributed by atoms with Crippen molar-refractivity contribution in [2.24, 2.45) is 5.73 Å². The van der Waals surface area contributed by atoms with Crippen LogP contribution in [0.2, 0.25) is 0 Å². The molecule has 0 radical (unpaired) electrons. The largest absolute Gasteiger partial charge is 0.395 e. The molecule has 3 N–H and O–H groups in total. The lowest BCUT2D eigenvalue weighted by Crippen LogP contribution is -2.26. The number of nitrogens with two attached hydrogens (primary N) is 1. The molecular formula is C8H13NOS. The van der Waals surface area contributed by atoms with Crippen LogP contribution in [0.1, 0.15) is 11.1 Å².